The van der Waals surface area contributed by atoms with E-state index < -0.39 is 0 Å². The Balaban J connectivity index is 1.67. The fourth-order valence-electron chi connectivity index (χ4n) is 2.97. The lowest BCUT2D eigenvalue weighted by molar-refractivity contribution is 0.124. The highest BCUT2D eigenvalue weighted by Gasteiger charge is 2.24. The van der Waals surface area contributed by atoms with E-state index in [1.165, 1.54) is 0 Å². The predicted octanol–water partition coefficient (Wildman–Crippen LogP) is 5.61. The van der Waals surface area contributed by atoms with E-state index in [0.29, 0.717) is 11.8 Å². The van der Waals surface area contributed by atoms with Crippen LogP contribution in [0.5, 0.6) is 5.88 Å². The second-order valence-corrected chi connectivity index (χ2v) is 9.03. The summed E-state index contributed by atoms with van der Waals surface area (Å²) in [5, 5.41) is 2.86. The van der Waals surface area contributed by atoms with Crippen molar-refractivity contribution in [3.63, 3.8) is 0 Å². The molecule has 0 spiro atoms. The van der Waals surface area contributed by atoms with Crippen LogP contribution >= 0.6 is 22.9 Å². The molecule has 0 atom stereocenters. The molecule has 6 heteroatoms. The number of allylic oxidation sites excluding steroid dienone is 1. The average molecular weight is 392 g/mol. The Labute approximate surface area is 164 Å². The van der Waals surface area contributed by atoms with Crippen LogP contribution in [0.3, 0.4) is 0 Å². The van der Waals surface area contributed by atoms with E-state index in [4.69, 9.17) is 21.3 Å². The van der Waals surface area contributed by atoms with Gasteiger partial charge in [-0.2, -0.15) is 0 Å². The molecule has 26 heavy (non-hydrogen) atoms. The smallest absolute Gasteiger partial charge is 0.258 e. The fraction of sp³-hybridized carbons (Fsp3) is 0.500. The number of ether oxygens (including phenoxy) is 1. The maximum Gasteiger partial charge on any atom is 0.258 e. The molecule has 3 heterocycles. The van der Waals surface area contributed by atoms with E-state index in [1.54, 1.807) is 17.5 Å². The molecule has 0 aromatic carbocycles. The van der Waals surface area contributed by atoms with E-state index in [0.717, 1.165) is 47.3 Å². The van der Waals surface area contributed by atoms with Crippen molar-refractivity contribution in [2.45, 2.75) is 46.1 Å². The van der Waals surface area contributed by atoms with Crippen molar-refractivity contribution in [1.82, 2.24) is 9.97 Å². The number of hydrogen-bond donors (Lipinski definition) is 0. The van der Waals surface area contributed by atoms with Crippen molar-refractivity contribution in [2.75, 3.05) is 18.0 Å². The lowest BCUT2D eigenvalue weighted by Gasteiger charge is -2.33. The Morgan fingerprint density at radius 1 is 1.31 bits per heavy atom. The highest BCUT2D eigenvalue weighted by molar-refractivity contribution is 7.11. The molecule has 2 aromatic heterocycles. The van der Waals surface area contributed by atoms with E-state index in [9.17, 15) is 0 Å². The molecule has 0 radical (unpaired) electrons. The van der Waals surface area contributed by atoms with Gasteiger partial charge >= 0.3 is 0 Å². The number of thiophene rings is 1. The zero-order valence-electron chi connectivity index (χ0n) is 15.8. The third-order valence-corrected chi connectivity index (χ3v) is 5.57. The molecule has 1 saturated heterocycles. The normalized spacial score (nSPS) is 16.4. The lowest BCUT2D eigenvalue weighted by atomic mass is 9.96. The van der Waals surface area contributed by atoms with Crippen molar-refractivity contribution in [3.8, 4) is 5.88 Å². The Hall–Kier alpha value is -1.59. The summed E-state index contributed by atoms with van der Waals surface area (Å²) in [5.41, 5.74) is 0.621. The van der Waals surface area contributed by atoms with Crippen molar-refractivity contribution < 1.29 is 4.74 Å². The monoisotopic (exact) mass is 391 g/mol. The van der Waals surface area contributed by atoms with Crippen LogP contribution < -0.4 is 9.64 Å². The SMILES string of the molecule is Cc1cnc(OC(C)(C)C)c(N2CCC(/C=C/c3sccc3Cl)CC2)n1. The number of hydrogen-bond acceptors (Lipinski definition) is 5. The van der Waals surface area contributed by atoms with E-state index in [1.807, 2.05) is 39.1 Å². The summed E-state index contributed by atoms with van der Waals surface area (Å²) in [6.45, 7) is 9.97. The number of nitrogens with zero attached hydrogens (tertiary/aromatic N) is 3. The van der Waals surface area contributed by atoms with E-state index in [-0.39, 0.29) is 5.60 Å². The van der Waals surface area contributed by atoms with Gasteiger partial charge in [0.05, 0.1) is 16.9 Å². The highest BCUT2D eigenvalue weighted by Crippen LogP contribution is 2.31. The van der Waals surface area contributed by atoms with Crippen LogP contribution in [0, 0.1) is 12.8 Å². The predicted molar refractivity (Wildman–Crippen MR) is 110 cm³/mol. The second-order valence-electron chi connectivity index (χ2n) is 7.67. The van der Waals surface area contributed by atoms with E-state index >= 15 is 0 Å². The molecule has 0 unspecified atom stereocenters. The Morgan fingerprint density at radius 3 is 2.65 bits per heavy atom. The van der Waals surface area contributed by atoms with Crippen molar-refractivity contribution in [2.24, 2.45) is 5.92 Å². The number of anilines is 1. The van der Waals surface area contributed by atoms with Crippen LogP contribution in [-0.4, -0.2) is 28.7 Å². The highest BCUT2D eigenvalue weighted by atomic mass is 35.5. The zero-order valence-corrected chi connectivity index (χ0v) is 17.4. The van der Waals surface area contributed by atoms with Gasteiger partial charge in [-0.1, -0.05) is 17.7 Å². The molecule has 4 nitrogen and oxygen atoms in total. The minimum absolute atomic E-state index is 0.292. The number of halogens is 1. The quantitative estimate of drug-likeness (QED) is 0.679. The molecule has 2 aromatic rings. The number of aromatic nitrogens is 2. The van der Waals surface area contributed by atoms with Crippen molar-refractivity contribution >= 4 is 34.8 Å². The second kappa shape index (κ2) is 7.97. The van der Waals surface area contributed by atoms with Gasteiger partial charge in [-0.05, 0) is 64.0 Å². The summed E-state index contributed by atoms with van der Waals surface area (Å²) in [7, 11) is 0. The van der Waals surface area contributed by atoms with Crippen LogP contribution in [0.15, 0.2) is 23.7 Å². The summed E-state index contributed by atoms with van der Waals surface area (Å²) in [6.07, 6.45) is 8.40. The topological polar surface area (TPSA) is 38.2 Å². The molecular formula is C20H26ClN3OS. The van der Waals surface area contributed by atoms with Crippen LogP contribution in [0.25, 0.3) is 6.08 Å². The summed E-state index contributed by atoms with van der Waals surface area (Å²) >= 11 is 7.85. The molecule has 1 aliphatic rings. The maximum absolute atomic E-state index is 6.17. The van der Waals surface area contributed by atoms with Gasteiger partial charge in [0.1, 0.15) is 5.60 Å². The van der Waals surface area contributed by atoms with Crippen LogP contribution in [0.4, 0.5) is 5.82 Å². The molecule has 0 bridgehead atoms. The minimum Gasteiger partial charge on any atom is -0.469 e. The minimum atomic E-state index is -0.292. The molecule has 1 aliphatic heterocycles. The number of aryl methyl sites for hydroxylation is 1. The first kappa shape index (κ1) is 19.2. The molecule has 0 aliphatic carbocycles. The van der Waals surface area contributed by atoms with Gasteiger partial charge in [-0.3, -0.25) is 0 Å². The van der Waals surface area contributed by atoms with Gasteiger partial charge < -0.3 is 9.64 Å². The molecule has 140 valence electrons. The fourth-order valence-corrected chi connectivity index (χ4v) is 4.00. The van der Waals surface area contributed by atoms with Crippen LogP contribution in [0.1, 0.15) is 44.2 Å². The molecule has 3 rings (SSSR count). The lowest BCUT2D eigenvalue weighted by Crippen LogP contribution is -2.35. The third-order valence-electron chi connectivity index (χ3n) is 4.25. The molecule has 1 fully saturated rings. The van der Waals surface area contributed by atoms with Gasteiger partial charge in [0.15, 0.2) is 5.82 Å². The van der Waals surface area contributed by atoms with Gasteiger partial charge in [0.25, 0.3) is 5.88 Å². The van der Waals surface area contributed by atoms with E-state index in [2.05, 4.69) is 22.0 Å². The molecular weight excluding hydrogens is 366 g/mol. The standard InChI is InChI=1S/C20H26ClN3OS/c1-14-13-22-19(25-20(2,3)4)18(23-14)24-10-7-15(8-11-24)5-6-17-16(21)9-12-26-17/h5-6,9,12-13,15H,7-8,10-11H2,1-4H3/b6-5+. The first-order valence-electron chi connectivity index (χ1n) is 9.00. The van der Waals surface area contributed by atoms with Crippen LogP contribution in [-0.2, 0) is 0 Å². The molecule has 0 amide bonds. The zero-order chi connectivity index (χ0) is 18.7. The maximum atomic E-state index is 6.17. The van der Waals surface area contributed by atoms with Crippen molar-refractivity contribution in [1.29, 1.82) is 0 Å². The summed E-state index contributed by atoms with van der Waals surface area (Å²) in [4.78, 5) is 12.6. The van der Waals surface area contributed by atoms with Crippen LogP contribution in [0.2, 0.25) is 5.02 Å². The van der Waals surface area contributed by atoms with Gasteiger partial charge in [-0.25, -0.2) is 9.97 Å². The largest absolute Gasteiger partial charge is 0.469 e. The Morgan fingerprint density at radius 2 is 2.04 bits per heavy atom. The Bertz CT molecular complexity index is 774. The Kier molecular flexibility index (Phi) is 5.88. The van der Waals surface area contributed by atoms with Gasteiger partial charge in [0.2, 0.25) is 0 Å². The third kappa shape index (κ3) is 4.98. The average Bonchev–Trinajstić information content (AvgIpc) is 2.99. The summed E-state index contributed by atoms with van der Waals surface area (Å²) in [5.74, 6) is 2.06. The van der Waals surface area contributed by atoms with Gasteiger partial charge in [0, 0.05) is 18.0 Å². The number of rotatable bonds is 4. The molecule has 0 saturated carbocycles. The first-order chi connectivity index (χ1) is 12.3. The summed E-state index contributed by atoms with van der Waals surface area (Å²) < 4.78 is 6.03. The summed E-state index contributed by atoms with van der Waals surface area (Å²) in [6, 6.07) is 1.95. The first-order valence-corrected chi connectivity index (χ1v) is 10.3. The van der Waals surface area contributed by atoms with Gasteiger partial charge in [-0.15, -0.1) is 11.3 Å². The molecule has 0 N–H and O–H groups in total. The van der Waals surface area contributed by atoms with Crippen molar-refractivity contribution in [3.05, 3.63) is 39.3 Å². The number of piperidine rings is 1.